The minimum Gasteiger partial charge on any atom is -0.316 e. The highest BCUT2D eigenvalue weighted by molar-refractivity contribution is 5.85. The van der Waals surface area contributed by atoms with E-state index in [4.69, 9.17) is 0 Å². The first kappa shape index (κ1) is 14.6. The first-order valence-electron chi connectivity index (χ1n) is 8.03. The highest BCUT2D eigenvalue weighted by atomic mass is 14.9. The van der Waals surface area contributed by atoms with E-state index in [0.717, 1.165) is 12.3 Å². The lowest BCUT2D eigenvalue weighted by Gasteiger charge is -2.20. The van der Waals surface area contributed by atoms with E-state index in [2.05, 4.69) is 82.5 Å². The molecule has 2 aromatic rings. The van der Waals surface area contributed by atoms with E-state index in [-0.39, 0.29) is 0 Å². The second-order valence-corrected chi connectivity index (χ2v) is 7.66. The maximum Gasteiger partial charge on any atom is 0.0144 e. The second-order valence-electron chi connectivity index (χ2n) is 7.66. The monoisotopic (exact) mass is 281 g/mol. The largest absolute Gasteiger partial charge is 0.316 e. The summed E-state index contributed by atoms with van der Waals surface area (Å²) in [7, 11) is 2.11. The summed E-state index contributed by atoms with van der Waals surface area (Å²) in [5.41, 5.74) is 2.31. The van der Waals surface area contributed by atoms with Gasteiger partial charge < -0.3 is 5.32 Å². The van der Waals surface area contributed by atoms with E-state index in [9.17, 15) is 0 Å². The van der Waals surface area contributed by atoms with Crippen LogP contribution in [-0.4, -0.2) is 13.1 Å². The van der Waals surface area contributed by atoms with E-state index >= 15 is 0 Å². The molecule has 0 aromatic heterocycles. The molecule has 1 aliphatic carbocycles. The molecule has 1 heteroatoms. The Hall–Kier alpha value is -1.34. The van der Waals surface area contributed by atoms with Crippen molar-refractivity contribution in [2.75, 3.05) is 7.05 Å². The number of benzene rings is 2. The molecule has 0 saturated heterocycles. The van der Waals surface area contributed by atoms with Gasteiger partial charge in [-0.1, -0.05) is 70.2 Å². The molecular formula is C20H27N. The van der Waals surface area contributed by atoms with Crippen LogP contribution >= 0.6 is 0 Å². The Kier molecular flexibility index (Phi) is 3.37. The topological polar surface area (TPSA) is 12.0 Å². The Bertz CT molecular complexity index is 634. The molecular weight excluding hydrogens is 254 g/mol. The van der Waals surface area contributed by atoms with Crippen molar-refractivity contribution in [1.82, 2.24) is 5.32 Å². The fraction of sp³-hybridized carbons (Fsp3) is 0.500. The number of hydrogen-bond donors (Lipinski definition) is 1. The van der Waals surface area contributed by atoms with Gasteiger partial charge in [0.15, 0.2) is 0 Å². The zero-order chi connectivity index (χ0) is 15.3. The summed E-state index contributed by atoms with van der Waals surface area (Å²) in [5.74, 6) is 0.731. The zero-order valence-corrected chi connectivity index (χ0v) is 13.9. The molecule has 1 fully saturated rings. The molecule has 0 spiro atoms. The molecule has 0 heterocycles. The van der Waals surface area contributed by atoms with Crippen LogP contribution in [0.3, 0.4) is 0 Å². The van der Waals surface area contributed by atoms with Crippen molar-refractivity contribution in [3.8, 4) is 0 Å². The van der Waals surface area contributed by atoms with Crippen molar-refractivity contribution in [3.63, 3.8) is 0 Å². The third kappa shape index (κ3) is 2.19. The Morgan fingerprint density at radius 1 is 0.952 bits per heavy atom. The lowest BCUT2D eigenvalue weighted by atomic mass is 9.93. The van der Waals surface area contributed by atoms with E-state index < -0.39 is 0 Å². The van der Waals surface area contributed by atoms with Crippen LogP contribution in [0.15, 0.2) is 42.5 Å². The summed E-state index contributed by atoms with van der Waals surface area (Å²) >= 11 is 0. The van der Waals surface area contributed by atoms with Gasteiger partial charge in [-0.2, -0.15) is 0 Å². The molecule has 1 N–H and O–H groups in total. The SMILES string of the molecule is CNC(Cc1cccc2ccccc12)C1C(C)(C)C1(C)C. The van der Waals surface area contributed by atoms with Gasteiger partial charge in [0.05, 0.1) is 0 Å². The third-order valence-electron chi connectivity index (χ3n) is 6.23. The first-order chi connectivity index (χ1) is 9.89. The van der Waals surface area contributed by atoms with E-state index in [0.29, 0.717) is 16.9 Å². The van der Waals surface area contributed by atoms with E-state index in [1.54, 1.807) is 0 Å². The van der Waals surface area contributed by atoms with Crippen LogP contribution < -0.4 is 5.32 Å². The molecule has 3 rings (SSSR count). The van der Waals surface area contributed by atoms with Crippen molar-refractivity contribution in [1.29, 1.82) is 0 Å². The molecule has 1 saturated carbocycles. The molecule has 0 aliphatic heterocycles. The first-order valence-corrected chi connectivity index (χ1v) is 8.03. The maximum absolute atomic E-state index is 3.59. The van der Waals surface area contributed by atoms with Crippen LogP contribution in [0.25, 0.3) is 10.8 Å². The summed E-state index contributed by atoms with van der Waals surface area (Å²) in [6, 6.07) is 15.9. The van der Waals surface area contributed by atoms with Gasteiger partial charge in [-0.25, -0.2) is 0 Å². The molecule has 1 aliphatic rings. The number of likely N-dealkylation sites (N-methyl/N-ethyl adjacent to an activating group) is 1. The van der Waals surface area contributed by atoms with Gasteiger partial charge in [0.1, 0.15) is 0 Å². The predicted molar refractivity (Wildman–Crippen MR) is 91.6 cm³/mol. The van der Waals surface area contributed by atoms with Gasteiger partial charge in [0, 0.05) is 6.04 Å². The fourth-order valence-corrected chi connectivity index (χ4v) is 4.35. The fourth-order valence-electron chi connectivity index (χ4n) is 4.35. The molecule has 112 valence electrons. The second kappa shape index (κ2) is 4.84. The molecule has 0 radical (unpaired) electrons. The lowest BCUT2D eigenvalue weighted by molar-refractivity contribution is 0.422. The molecule has 1 unspecified atom stereocenters. The summed E-state index contributed by atoms with van der Waals surface area (Å²) in [6.07, 6.45) is 1.11. The van der Waals surface area contributed by atoms with Gasteiger partial charge in [-0.05, 0) is 46.6 Å². The number of hydrogen-bond acceptors (Lipinski definition) is 1. The van der Waals surface area contributed by atoms with Gasteiger partial charge in [-0.15, -0.1) is 0 Å². The van der Waals surface area contributed by atoms with Gasteiger partial charge in [-0.3, -0.25) is 0 Å². The van der Waals surface area contributed by atoms with E-state index in [1.165, 1.54) is 16.3 Å². The normalized spacial score (nSPS) is 21.4. The predicted octanol–water partition coefficient (Wildman–Crippen LogP) is 4.65. The smallest absolute Gasteiger partial charge is 0.0144 e. The highest BCUT2D eigenvalue weighted by Gasteiger charge is 2.66. The average Bonchev–Trinajstić information content (AvgIpc) is 2.87. The van der Waals surface area contributed by atoms with Crippen LogP contribution in [-0.2, 0) is 6.42 Å². The number of nitrogens with one attached hydrogen (secondary N) is 1. The molecule has 0 amide bonds. The van der Waals surface area contributed by atoms with Crippen molar-refractivity contribution in [2.24, 2.45) is 16.7 Å². The van der Waals surface area contributed by atoms with Gasteiger partial charge in [0.2, 0.25) is 0 Å². The van der Waals surface area contributed by atoms with Gasteiger partial charge in [0.25, 0.3) is 0 Å². The Morgan fingerprint density at radius 3 is 2.19 bits per heavy atom. The van der Waals surface area contributed by atoms with Gasteiger partial charge >= 0.3 is 0 Å². The highest BCUT2D eigenvalue weighted by Crippen LogP contribution is 2.69. The average molecular weight is 281 g/mol. The zero-order valence-electron chi connectivity index (χ0n) is 13.9. The van der Waals surface area contributed by atoms with Crippen LogP contribution in [0.1, 0.15) is 33.3 Å². The van der Waals surface area contributed by atoms with Crippen molar-refractivity contribution in [3.05, 3.63) is 48.0 Å². The summed E-state index contributed by atoms with van der Waals surface area (Å²) in [4.78, 5) is 0. The maximum atomic E-state index is 3.59. The van der Waals surface area contributed by atoms with E-state index in [1.807, 2.05) is 0 Å². The summed E-state index contributed by atoms with van der Waals surface area (Å²) < 4.78 is 0. The quantitative estimate of drug-likeness (QED) is 0.860. The number of fused-ring (bicyclic) bond motifs is 1. The van der Waals surface area contributed by atoms with Crippen LogP contribution in [0.4, 0.5) is 0 Å². The lowest BCUT2D eigenvalue weighted by Crippen LogP contribution is -2.32. The Balaban J connectivity index is 1.91. The standard InChI is InChI=1S/C20H27N/c1-19(2)18(20(19,3)4)17(21-5)13-15-11-8-10-14-9-6-7-12-16(14)15/h6-12,17-18,21H,13H2,1-5H3. The number of rotatable bonds is 4. The van der Waals surface area contributed by atoms with Crippen molar-refractivity contribution in [2.45, 2.75) is 40.2 Å². The minimum atomic E-state index is 0.422. The molecule has 0 bridgehead atoms. The Morgan fingerprint density at radius 2 is 1.57 bits per heavy atom. The molecule has 1 nitrogen and oxygen atoms in total. The molecule has 21 heavy (non-hydrogen) atoms. The van der Waals surface area contributed by atoms with Crippen molar-refractivity contribution >= 4 is 10.8 Å². The summed E-state index contributed by atoms with van der Waals surface area (Å²) in [5, 5.41) is 6.33. The molecule has 2 aromatic carbocycles. The third-order valence-corrected chi connectivity index (χ3v) is 6.23. The van der Waals surface area contributed by atoms with Crippen LogP contribution in [0.2, 0.25) is 0 Å². The minimum absolute atomic E-state index is 0.422. The van der Waals surface area contributed by atoms with Crippen LogP contribution in [0.5, 0.6) is 0 Å². The Labute approximate surface area is 128 Å². The molecule has 1 atom stereocenters. The summed E-state index contributed by atoms with van der Waals surface area (Å²) in [6.45, 7) is 9.63. The van der Waals surface area contributed by atoms with Crippen molar-refractivity contribution < 1.29 is 0 Å². The van der Waals surface area contributed by atoms with Crippen LogP contribution in [0, 0.1) is 16.7 Å².